The molecule has 0 aliphatic heterocycles. The molecule has 2 N–H and O–H groups in total. The quantitative estimate of drug-likeness (QED) is 0.561. The Balaban J connectivity index is 1.55. The van der Waals surface area contributed by atoms with Crippen molar-refractivity contribution in [2.24, 2.45) is 7.05 Å². The lowest BCUT2D eigenvalue weighted by atomic mass is 10.1. The number of carboxylic acid groups (broad SMARTS) is 1. The van der Waals surface area contributed by atoms with E-state index in [-0.39, 0.29) is 23.6 Å². The Labute approximate surface area is 190 Å². The third-order valence-electron chi connectivity index (χ3n) is 6.13. The number of sulfone groups is 1. The van der Waals surface area contributed by atoms with Crippen LogP contribution in [0.15, 0.2) is 47.4 Å². The molecule has 0 unspecified atom stereocenters. The summed E-state index contributed by atoms with van der Waals surface area (Å²) in [6, 6.07) is 11.1. The summed E-state index contributed by atoms with van der Waals surface area (Å²) in [5, 5.41) is 13.6. The van der Waals surface area contributed by atoms with E-state index in [0.717, 1.165) is 16.5 Å². The van der Waals surface area contributed by atoms with Crippen LogP contribution in [0, 0.1) is 6.92 Å². The maximum atomic E-state index is 12.9. The molecule has 1 aliphatic carbocycles. The van der Waals surface area contributed by atoms with Gasteiger partial charge in [0.2, 0.25) is 0 Å². The van der Waals surface area contributed by atoms with Crippen LogP contribution in [0.2, 0.25) is 5.02 Å². The average Bonchev–Trinajstić information content (AvgIpc) is 3.49. The molecule has 0 saturated heterocycles. The maximum Gasteiger partial charge on any atom is 0.325 e. The second kappa shape index (κ2) is 7.64. The van der Waals surface area contributed by atoms with Crippen LogP contribution in [0.1, 0.15) is 47.4 Å². The number of halogens is 1. The van der Waals surface area contributed by atoms with Crippen molar-refractivity contribution in [1.82, 2.24) is 9.88 Å². The number of hydrogen-bond acceptors (Lipinski definition) is 4. The number of carbonyl (C=O) groups excluding carboxylic acids is 1. The normalized spacial score (nSPS) is 16.0. The molecule has 0 bridgehead atoms. The first-order valence-electron chi connectivity index (χ1n) is 10.1. The molecule has 1 heterocycles. The average molecular weight is 475 g/mol. The van der Waals surface area contributed by atoms with Gasteiger partial charge in [-0.1, -0.05) is 23.7 Å². The third-order valence-corrected chi connectivity index (χ3v) is 8.95. The lowest BCUT2D eigenvalue weighted by Gasteiger charge is -2.16. The lowest BCUT2D eigenvalue weighted by molar-refractivity contribution is -0.137. The predicted molar refractivity (Wildman–Crippen MR) is 122 cm³/mol. The Kier molecular flexibility index (Phi) is 5.33. The van der Waals surface area contributed by atoms with E-state index < -0.39 is 26.6 Å². The van der Waals surface area contributed by atoms with Gasteiger partial charge >= 0.3 is 5.97 Å². The number of amides is 1. The molecule has 1 atom stereocenters. The van der Waals surface area contributed by atoms with E-state index in [1.54, 1.807) is 36.7 Å². The van der Waals surface area contributed by atoms with Crippen LogP contribution in [0.3, 0.4) is 0 Å². The van der Waals surface area contributed by atoms with Gasteiger partial charge in [-0.25, -0.2) is 8.42 Å². The summed E-state index contributed by atoms with van der Waals surface area (Å²) >= 11 is 6.33. The van der Waals surface area contributed by atoms with Gasteiger partial charge in [0, 0.05) is 12.4 Å². The molecule has 2 aromatic carbocycles. The number of aryl methyl sites for hydroxylation is 2. The number of nitrogens with zero attached hydrogens (tertiary/aromatic N) is 1. The van der Waals surface area contributed by atoms with Crippen molar-refractivity contribution < 1.29 is 23.1 Å². The molecule has 1 aromatic heterocycles. The first-order chi connectivity index (χ1) is 15.0. The molecule has 0 radical (unpaired) electrons. The third kappa shape index (κ3) is 3.47. The zero-order valence-electron chi connectivity index (χ0n) is 17.8. The molecule has 3 aromatic rings. The molecule has 168 valence electrons. The van der Waals surface area contributed by atoms with Gasteiger partial charge in [0.05, 0.1) is 21.5 Å². The van der Waals surface area contributed by atoms with Gasteiger partial charge in [-0.15, -0.1) is 0 Å². The molecule has 32 heavy (non-hydrogen) atoms. The molecule has 1 amide bonds. The second-order valence-electron chi connectivity index (χ2n) is 8.34. The standard InChI is InChI=1S/C23H23ClN2O5S/c1-13-10-18(24)17-12-20(26(3)19(17)11-13)21(27)25-14(2)15-4-6-16(7-5-15)32(30,31)23(8-9-23)22(28)29/h4-7,10-12,14H,8-9H2,1-3H3,(H,25,27)(H,28,29)/t14-/m1/s1. The van der Waals surface area contributed by atoms with Crippen molar-refractivity contribution in [3.8, 4) is 0 Å². The van der Waals surface area contributed by atoms with E-state index in [0.29, 0.717) is 16.3 Å². The minimum absolute atomic E-state index is 0.0293. The highest BCUT2D eigenvalue weighted by Gasteiger charge is 2.61. The zero-order valence-corrected chi connectivity index (χ0v) is 19.4. The van der Waals surface area contributed by atoms with Gasteiger partial charge in [-0.3, -0.25) is 9.59 Å². The fraction of sp³-hybridized carbons (Fsp3) is 0.304. The minimum atomic E-state index is -3.97. The van der Waals surface area contributed by atoms with Crippen molar-refractivity contribution in [2.75, 3.05) is 0 Å². The summed E-state index contributed by atoms with van der Waals surface area (Å²) < 4.78 is 25.5. The lowest BCUT2D eigenvalue weighted by Crippen LogP contribution is -2.32. The fourth-order valence-corrected chi connectivity index (χ4v) is 6.10. The van der Waals surface area contributed by atoms with Crippen LogP contribution in [-0.2, 0) is 21.7 Å². The van der Waals surface area contributed by atoms with E-state index in [9.17, 15) is 23.1 Å². The number of benzene rings is 2. The van der Waals surface area contributed by atoms with E-state index in [1.165, 1.54) is 12.1 Å². The summed E-state index contributed by atoms with van der Waals surface area (Å²) in [5.41, 5.74) is 3.01. The van der Waals surface area contributed by atoms with Gasteiger partial charge in [0.25, 0.3) is 5.91 Å². The van der Waals surface area contributed by atoms with Crippen LogP contribution in [0.25, 0.3) is 10.9 Å². The summed E-state index contributed by atoms with van der Waals surface area (Å²) in [5.74, 6) is -1.60. The van der Waals surface area contributed by atoms with E-state index >= 15 is 0 Å². The number of carboxylic acids is 1. The minimum Gasteiger partial charge on any atom is -0.480 e. The van der Waals surface area contributed by atoms with Crippen LogP contribution >= 0.6 is 11.6 Å². The van der Waals surface area contributed by atoms with Crippen molar-refractivity contribution in [3.05, 3.63) is 64.3 Å². The van der Waals surface area contributed by atoms with Crippen molar-refractivity contribution in [1.29, 1.82) is 0 Å². The second-order valence-corrected chi connectivity index (χ2v) is 11.0. The topological polar surface area (TPSA) is 105 Å². The first kappa shape index (κ1) is 22.4. The summed E-state index contributed by atoms with van der Waals surface area (Å²) in [4.78, 5) is 24.3. The Morgan fingerprint density at radius 2 is 1.78 bits per heavy atom. The van der Waals surface area contributed by atoms with Crippen molar-refractivity contribution >= 4 is 44.2 Å². The largest absolute Gasteiger partial charge is 0.480 e. The maximum absolute atomic E-state index is 12.9. The van der Waals surface area contributed by atoms with Gasteiger partial charge in [0.1, 0.15) is 5.69 Å². The highest BCUT2D eigenvalue weighted by molar-refractivity contribution is 7.94. The van der Waals surface area contributed by atoms with E-state index in [2.05, 4.69) is 5.32 Å². The molecule has 1 aliphatic rings. The number of rotatable bonds is 6. The summed E-state index contributed by atoms with van der Waals surface area (Å²) in [6.07, 6.45) is 0.237. The van der Waals surface area contributed by atoms with Gasteiger partial charge < -0.3 is 15.0 Å². The van der Waals surface area contributed by atoms with Crippen molar-refractivity contribution in [2.45, 2.75) is 42.4 Å². The highest BCUT2D eigenvalue weighted by Crippen LogP contribution is 2.47. The number of fused-ring (bicyclic) bond motifs is 1. The monoisotopic (exact) mass is 474 g/mol. The zero-order chi connectivity index (χ0) is 23.4. The molecule has 0 spiro atoms. The predicted octanol–water partition coefficient (Wildman–Crippen LogP) is 4.02. The van der Waals surface area contributed by atoms with Crippen molar-refractivity contribution in [3.63, 3.8) is 0 Å². The molecular formula is C23H23ClN2O5S. The first-order valence-corrected chi connectivity index (χ1v) is 12.0. The Morgan fingerprint density at radius 3 is 2.34 bits per heavy atom. The SMILES string of the molecule is Cc1cc(Cl)c2cc(C(=O)N[C@H](C)c3ccc(S(=O)(=O)C4(C(=O)O)CC4)cc3)n(C)c2c1. The number of aliphatic carboxylic acids is 1. The number of carbonyl (C=O) groups is 2. The Hall–Kier alpha value is -2.84. The van der Waals surface area contributed by atoms with Crippen LogP contribution in [0.4, 0.5) is 0 Å². The van der Waals surface area contributed by atoms with E-state index in [4.69, 9.17) is 11.6 Å². The molecule has 4 rings (SSSR count). The highest BCUT2D eigenvalue weighted by atomic mass is 35.5. The van der Waals surface area contributed by atoms with Gasteiger partial charge in [-0.2, -0.15) is 0 Å². The van der Waals surface area contributed by atoms with Gasteiger partial charge in [0.15, 0.2) is 14.6 Å². The molecule has 1 fully saturated rings. The van der Waals surface area contributed by atoms with Crippen LogP contribution in [-0.4, -0.2) is 34.7 Å². The number of nitrogens with one attached hydrogen (secondary N) is 1. The Morgan fingerprint density at radius 1 is 1.16 bits per heavy atom. The van der Waals surface area contributed by atoms with Crippen LogP contribution < -0.4 is 5.32 Å². The molecule has 7 nitrogen and oxygen atoms in total. The van der Waals surface area contributed by atoms with Crippen LogP contribution in [0.5, 0.6) is 0 Å². The number of aromatic nitrogens is 1. The summed E-state index contributed by atoms with van der Waals surface area (Å²) in [7, 11) is -2.17. The number of hydrogen-bond donors (Lipinski definition) is 2. The van der Waals surface area contributed by atoms with Gasteiger partial charge in [-0.05, 0) is 68.1 Å². The van der Waals surface area contributed by atoms with E-state index in [1.807, 2.05) is 19.1 Å². The molecular weight excluding hydrogens is 452 g/mol. The smallest absolute Gasteiger partial charge is 0.325 e. The summed E-state index contributed by atoms with van der Waals surface area (Å²) in [6.45, 7) is 3.73. The Bertz CT molecular complexity index is 1360. The fourth-order valence-electron chi connectivity index (χ4n) is 3.96. The molecule has 1 saturated carbocycles. The molecule has 9 heteroatoms.